The molecule has 4 rings (SSSR count). The lowest BCUT2D eigenvalue weighted by molar-refractivity contribution is -0.150. The molecule has 2 unspecified atom stereocenters. The van der Waals surface area contributed by atoms with Crippen LogP contribution in [0, 0.1) is 18.8 Å². The average Bonchev–Trinajstić information content (AvgIpc) is 3.31. The highest BCUT2D eigenvalue weighted by molar-refractivity contribution is 8.02. The van der Waals surface area contributed by atoms with Gasteiger partial charge in [0.1, 0.15) is 6.04 Å². The summed E-state index contributed by atoms with van der Waals surface area (Å²) in [4.78, 5) is 43.3. The van der Waals surface area contributed by atoms with Gasteiger partial charge in [0, 0.05) is 24.4 Å². The summed E-state index contributed by atoms with van der Waals surface area (Å²) in [7, 11) is 0. The van der Waals surface area contributed by atoms with Crippen molar-refractivity contribution in [3.8, 4) is 0 Å². The highest BCUT2D eigenvalue weighted by atomic mass is 35.5. The molecule has 2 amide bonds. The number of likely N-dealkylation sites (tertiary alicyclic amines) is 1. The number of amides is 2. The number of anilines is 1. The minimum Gasteiger partial charge on any atom is -0.481 e. The van der Waals surface area contributed by atoms with Gasteiger partial charge in [-0.25, -0.2) is 0 Å². The Balaban J connectivity index is 1.84. The first-order valence-corrected chi connectivity index (χ1v) is 12.3. The summed E-state index contributed by atoms with van der Waals surface area (Å²) in [6, 6.07) is 4.56. The fourth-order valence-corrected chi connectivity index (χ4v) is 8.76. The summed E-state index contributed by atoms with van der Waals surface area (Å²) in [5, 5.41) is 19.9. The fraction of sp³-hybridized carbons (Fsp3) is 0.542. The Morgan fingerprint density at radius 2 is 2.12 bits per heavy atom. The van der Waals surface area contributed by atoms with E-state index < -0.39 is 33.3 Å². The van der Waals surface area contributed by atoms with Crippen molar-refractivity contribution in [1.82, 2.24) is 4.90 Å². The second-order valence-corrected chi connectivity index (χ2v) is 11.6. The number of hydrogen-bond donors (Lipinski definition) is 2. The number of carbonyl (C=O) groups is 3. The van der Waals surface area contributed by atoms with Gasteiger partial charge in [-0.2, -0.15) is 0 Å². The van der Waals surface area contributed by atoms with Gasteiger partial charge >= 0.3 is 5.97 Å². The number of benzene rings is 1. The highest BCUT2D eigenvalue weighted by Gasteiger charge is 2.77. The number of fused-ring (bicyclic) bond motifs is 1. The topological polar surface area (TPSA) is 98.2 Å². The van der Waals surface area contributed by atoms with Gasteiger partial charge in [-0.15, -0.1) is 18.3 Å². The molecular weight excluding hydrogens is 464 g/mol. The average molecular weight is 493 g/mol. The van der Waals surface area contributed by atoms with Crippen LogP contribution in [-0.2, 0) is 14.4 Å². The highest BCUT2D eigenvalue weighted by Crippen LogP contribution is 2.71. The molecule has 2 bridgehead atoms. The molecule has 1 spiro atoms. The third-order valence-electron chi connectivity index (χ3n) is 7.37. The summed E-state index contributed by atoms with van der Waals surface area (Å²) in [5.74, 6) is -3.22. The first-order valence-electron chi connectivity index (χ1n) is 11.1. The number of halogens is 1. The van der Waals surface area contributed by atoms with E-state index >= 15 is 0 Å². The SMILES string of the molecule is C=CCN(C(=O)C1N(CCCO)C(=O)[C@@H]2[C@@H](C(=O)O)[C@@]3(C)CCC12S3)c1c(C)cccc1Cl. The zero-order valence-corrected chi connectivity index (χ0v) is 20.4. The molecule has 3 heterocycles. The van der Waals surface area contributed by atoms with E-state index in [0.717, 1.165) is 5.56 Å². The van der Waals surface area contributed by atoms with Gasteiger partial charge in [0.2, 0.25) is 5.91 Å². The zero-order valence-electron chi connectivity index (χ0n) is 18.8. The molecule has 7 nitrogen and oxygen atoms in total. The number of aryl methyl sites for hydroxylation is 1. The standard InChI is InChI=1S/C24H29ClN2O5S/c1-4-11-26(18-14(2)7-5-8-15(18)25)21(30)19-24-10-9-23(3,33-24)17(22(31)32)16(24)20(29)27(19)12-6-13-28/h4-5,7-8,16-17,19,28H,1,6,9-13H2,2-3H3,(H,31,32)/t16-,17-,19?,23+,24?/m0/s1. The predicted octanol–water partition coefficient (Wildman–Crippen LogP) is 3.12. The molecule has 3 saturated heterocycles. The number of hydrogen-bond acceptors (Lipinski definition) is 5. The normalized spacial score (nSPS) is 32.2. The van der Waals surface area contributed by atoms with E-state index in [4.69, 9.17) is 11.6 Å². The number of carboxylic acids is 1. The molecule has 3 aliphatic rings. The van der Waals surface area contributed by atoms with Crippen molar-refractivity contribution in [1.29, 1.82) is 0 Å². The van der Waals surface area contributed by atoms with Gasteiger partial charge in [0.25, 0.3) is 5.91 Å². The van der Waals surface area contributed by atoms with E-state index in [9.17, 15) is 24.6 Å². The molecule has 9 heteroatoms. The Bertz CT molecular complexity index is 998. The van der Waals surface area contributed by atoms with E-state index in [-0.39, 0.29) is 31.5 Å². The molecule has 2 N–H and O–H groups in total. The van der Waals surface area contributed by atoms with Crippen LogP contribution in [0.25, 0.3) is 0 Å². The third-order valence-corrected chi connectivity index (χ3v) is 9.66. The Morgan fingerprint density at radius 3 is 2.73 bits per heavy atom. The van der Waals surface area contributed by atoms with Crippen LogP contribution in [0.15, 0.2) is 30.9 Å². The summed E-state index contributed by atoms with van der Waals surface area (Å²) in [6.45, 7) is 7.83. The number of thioether (sulfide) groups is 1. The van der Waals surface area contributed by atoms with Crippen LogP contribution in [0.5, 0.6) is 0 Å². The van der Waals surface area contributed by atoms with Crippen LogP contribution in [0.4, 0.5) is 5.69 Å². The van der Waals surface area contributed by atoms with Gasteiger partial charge in [-0.05, 0) is 44.7 Å². The number of aliphatic hydroxyl groups excluding tert-OH is 1. The van der Waals surface area contributed by atoms with Crippen LogP contribution < -0.4 is 4.90 Å². The molecule has 178 valence electrons. The minimum absolute atomic E-state index is 0.129. The van der Waals surface area contributed by atoms with Crippen molar-refractivity contribution >= 4 is 46.8 Å². The Hall–Kier alpha value is -2.03. The Labute approximate surface area is 202 Å². The maximum absolute atomic E-state index is 14.3. The van der Waals surface area contributed by atoms with Crippen LogP contribution in [0.1, 0.15) is 31.7 Å². The van der Waals surface area contributed by atoms with Gasteiger partial charge < -0.3 is 20.0 Å². The lowest BCUT2D eigenvalue weighted by Gasteiger charge is -2.37. The second-order valence-electron chi connectivity index (χ2n) is 9.32. The number of carboxylic acid groups (broad SMARTS) is 1. The number of aliphatic hydroxyl groups is 1. The van der Waals surface area contributed by atoms with E-state index in [1.54, 1.807) is 17.0 Å². The molecule has 1 aromatic carbocycles. The number of aliphatic carboxylic acids is 1. The predicted molar refractivity (Wildman–Crippen MR) is 129 cm³/mol. The molecule has 3 aliphatic heterocycles. The minimum atomic E-state index is -0.995. The number of nitrogens with zero attached hydrogens (tertiary/aromatic N) is 2. The maximum Gasteiger partial charge on any atom is 0.308 e. The fourth-order valence-electron chi connectivity index (χ4n) is 6.10. The van der Waals surface area contributed by atoms with Crippen molar-refractivity contribution in [2.45, 2.75) is 48.6 Å². The molecule has 0 aliphatic carbocycles. The molecule has 0 aromatic heterocycles. The number of para-hydroxylation sites is 1. The molecule has 0 radical (unpaired) electrons. The van der Waals surface area contributed by atoms with E-state index in [2.05, 4.69) is 6.58 Å². The van der Waals surface area contributed by atoms with Gasteiger partial charge in [0.05, 0.1) is 27.3 Å². The van der Waals surface area contributed by atoms with Crippen molar-refractivity contribution < 1.29 is 24.6 Å². The molecule has 33 heavy (non-hydrogen) atoms. The molecular formula is C24H29ClN2O5S. The summed E-state index contributed by atoms with van der Waals surface area (Å²) < 4.78 is -1.42. The second kappa shape index (κ2) is 8.64. The Kier molecular flexibility index (Phi) is 6.31. The quantitative estimate of drug-likeness (QED) is 0.541. The third kappa shape index (κ3) is 3.49. The first kappa shape index (κ1) is 24.1. The van der Waals surface area contributed by atoms with Crippen LogP contribution in [0.2, 0.25) is 5.02 Å². The first-order chi connectivity index (χ1) is 15.6. The molecule has 3 fully saturated rings. The molecule has 0 saturated carbocycles. The van der Waals surface area contributed by atoms with E-state index in [1.807, 2.05) is 26.0 Å². The van der Waals surface area contributed by atoms with E-state index in [0.29, 0.717) is 30.0 Å². The van der Waals surface area contributed by atoms with Gasteiger partial charge in [-0.3, -0.25) is 14.4 Å². The van der Waals surface area contributed by atoms with Crippen molar-refractivity contribution in [3.05, 3.63) is 41.4 Å². The van der Waals surface area contributed by atoms with Gasteiger partial charge in [-0.1, -0.05) is 29.8 Å². The summed E-state index contributed by atoms with van der Waals surface area (Å²) in [6.07, 6.45) is 3.14. The number of rotatable bonds is 8. The Morgan fingerprint density at radius 1 is 1.39 bits per heavy atom. The molecule has 5 atom stereocenters. The zero-order chi connectivity index (χ0) is 24.1. The van der Waals surface area contributed by atoms with Crippen molar-refractivity contribution in [2.24, 2.45) is 11.8 Å². The van der Waals surface area contributed by atoms with Crippen molar-refractivity contribution in [2.75, 3.05) is 24.6 Å². The molecule has 1 aromatic rings. The summed E-state index contributed by atoms with van der Waals surface area (Å²) >= 11 is 8.00. The lowest BCUT2D eigenvalue weighted by Crippen LogP contribution is -2.55. The van der Waals surface area contributed by atoms with Crippen LogP contribution in [-0.4, -0.2) is 68.1 Å². The maximum atomic E-state index is 14.3. The van der Waals surface area contributed by atoms with Crippen LogP contribution in [0.3, 0.4) is 0 Å². The lowest BCUT2D eigenvalue weighted by atomic mass is 9.66. The largest absolute Gasteiger partial charge is 0.481 e. The van der Waals surface area contributed by atoms with E-state index in [1.165, 1.54) is 16.7 Å². The van der Waals surface area contributed by atoms with Crippen molar-refractivity contribution in [3.63, 3.8) is 0 Å². The smallest absolute Gasteiger partial charge is 0.308 e. The summed E-state index contributed by atoms with van der Waals surface area (Å²) in [5.41, 5.74) is 1.38. The van der Waals surface area contributed by atoms with Crippen LogP contribution >= 0.6 is 23.4 Å². The monoisotopic (exact) mass is 492 g/mol. The van der Waals surface area contributed by atoms with Gasteiger partial charge in [0.15, 0.2) is 0 Å². The number of carbonyl (C=O) groups excluding carboxylic acids is 2.